The second-order valence-corrected chi connectivity index (χ2v) is 8.48. The lowest BCUT2D eigenvalue weighted by Gasteiger charge is -2.17. The van der Waals surface area contributed by atoms with Crippen molar-refractivity contribution < 1.29 is 0 Å². The fourth-order valence-corrected chi connectivity index (χ4v) is 4.44. The summed E-state index contributed by atoms with van der Waals surface area (Å²) in [6.07, 6.45) is 5.59. The summed E-state index contributed by atoms with van der Waals surface area (Å²) in [4.78, 5) is 15.3. The van der Waals surface area contributed by atoms with Crippen molar-refractivity contribution in [1.29, 1.82) is 5.41 Å². The van der Waals surface area contributed by atoms with Crippen LogP contribution in [0.1, 0.15) is 18.4 Å². The minimum atomic E-state index is -0.172. The van der Waals surface area contributed by atoms with Gasteiger partial charge in [0.15, 0.2) is 0 Å². The number of hydrogen-bond acceptors (Lipinski definition) is 4. The van der Waals surface area contributed by atoms with Crippen LogP contribution in [0.15, 0.2) is 59.5 Å². The van der Waals surface area contributed by atoms with Crippen LogP contribution in [0.2, 0.25) is 10.0 Å². The summed E-state index contributed by atoms with van der Waals surface area (Å²) < 4.78 is 1.56. The van der Waals surface area contributed by atoms with E-state index in [4.69, 9.17) is 28.6 Å². The van der Waals surface area contributed by atoms with Crippen molar-refractivity contribution in [3.05, 3.63) is 80.7 Å². The molecule has 2 aromatic carbocycles. The van der Waals surface area contributed by atoms with Crippen LogP contribution in [0.5, 0.6) is 0 Å². The average Bonchev–Trinajstić information content (AvgIpc) is 3.27. The monoisotopic (exact) mass is 454 g/mol. The molecular formula is C24H24Cl2N4O. The first kappa shape index (κ1) is 21.6. The zero-order valence-electron chi connectivity index (χ0n) is 17.1. The zero-order valence-corrected chi connectivity index (χ0v) is 18.6. The molecule has 160 valence electrons. The highest BCUT2D eigenvalue weighted by Gasteiger charge is 2.12. The van der Waals surface area contributed by atoms with Crippen molar-refractivity contribution in [3.8, 4) is 16.8 Å². The summed E-state index contributed by atoms with van der Waals surface area (Å²) in [5, 5.41) is 12.3. The van der Waals surface area contributed by atoms with Crippen LogP contribution in [0.3, 0.4) is 0 Å². The van der Waals surface area contributed by atoms with Crippen LogP contribution in [-0.2, 0) is 0 Å². The van der Waals surface area contributed by atoms with Gasteiger partial charge in [0.25, 0.3) is 5.56 Å². The molecule has 0 amide bonds. The number of nitrogens with zero attached hydrogens (tertiary/aromatic N) is 2. The van der Waals surface area contributed by atoms with E-state index in [9.17, 15) is 4.79 Å². The second-order valence-electron chi connectivity index (χ2n) is 7.64. The van der Waals surface area contributed by atoms with Gasteiger partial charge in [0, 0.05) is 64.1 Å². The molecule has 1 fully saturated rings. The van der Waals surface area contributed by atoms with E-state index in [0.717, 1.165) is 48.6 Å². The third-order valence-electron chi connectivity index (χ3n) is 5.57. The predicted molar refractivity (Wildman–Crippen MR) is 130 cm³/mol. The standard InChI is InChI=1S/C24H24Cl2N4O/c25-19-3-5-21(22(26)15-19)17-7-11-30(24(31)14-17)20-4-6-23(18(13-20)16-27)28-8-12-29-9-1-2-10-29/h3-7,11,13-16,27-28H,1-2,8-10,12H2. The molecule has 3 aromatic rings. The van der Waals surface area contributed by atoms with Crippen LogP contribution in [-0.4, -0.2) is 41.9 Å². The van der Waals surface area contributed by atoms with Gasteiger partial charge in [-0.15, -0.1) is 0 Å². The van der Waals surface area contributed by atoms with Gasteiger partial charge in [-0.1, -0.05) is 29.3 Å². The van der Waals surface area contributed by atoms with Crippen molar-refractivity contribution in [2.45, 2.75) is 12.8 Å². The molecule has 1 saturated heterocycles. The number of nitrogens with one attached hydrogen (secondary N) is 2. The van der Waals surface area contributed by atoms with Gasteiger partial charge in [-0.2, -0.15) is 0 Å². The average molecular weight is 455 g/mol. The van der Waals surface area contributed by atoms with Crippen molar-refractivity contribution in [3.63, 3.8) is 0 Å². The molecule has 0 bridgehead atoms. The predicted octanol–water partition coefficient (Wildman–Crippen LogP) is 5.32. The first-order chi connectivity index (χ1) is 15.0. The van der Waals surface area contributed by atoms with Gasteiger partial charge in [0.2, 0.25) is 0 Å². The number of rotatable bonds is 7. The lowest BCUT2D eigenvalue weighted by Crippen LogP contribution is -2.26. The van der Waals surface area contributed by atoms with Crippen molar-refractivity contribution >= 4 is 35.1 Å². The number of likely N-dealkylation sites (tertiary alicyclic amines) is 1. The summed E-state index contributed by atoms with van der Waals surface area (Å²) in [5.41, 5.74) is 3.67. The Labute approximate surface area is 191 Å². The number of aromatic nitrogens is 1. The van der Waals surface area contributed by atoms with E-state index in [0.29, 0.717) is 15.7 Å². The van der Waals surface area contributed by atoms with E-state index in [2.05, 4.69) is 10.2 Å². The van der Waals surface area contributed by atoms with Gasteiger partial charge in [-0.05, 0) is 67.9 Å². The minimum Gasteiger partial charge on any atom is -0.383 e. The van der Waals surface area contributed by atoms with Crippen molar-refractivity contribution in [1.82, 2.24) is 9.47 Å². The van der Waals surface area contributed by atoms with E-state index < -0.39 is 0 Å². The molecule has 5 nitrogen and oxygen atoms in total. The van der Waals surface area contributed by atoms with Crippen LogP contribution >= 0.6 is 23.2 Å². The van der Waals surface area contributed by atoms with E-state index in [-0.39, 0.29) is 5.56 Å². The maximum absolute atomic E-state index is 12.8. The summed E-state index contributed by atoms with van der Waals surface area (Å²) in [5.74, 6) is 0. The first-order valence-electron chi connectivity index (χ1n) is 10.3. The minimum absolute atomic E-state index is 0.172. The Morgan fingerprint density at radius 1 is 1.03 bits per heavy atom. The largest absolute Gasteiger partial charge is 0.383 e. The number of benzene rings is 2. The quantitative estimate of drug-likeness (QED) is 0.475. The molecule has 2 heterocycles. The highest BCUT2D eigenvalue weighted by molar-refractivity contribution is 6.36. The Bertz CT molecular complexity index is 1150. The van der Waals surface area contributed by atoms with E-state index in [1.807, 2.05) is 24.3 Å². The molecule has 1 aliphatic rings. The van der Waals surface area contributed by atoms with Crippen LogP contribution in [0.4, 0.5) is 5.69 Å². The van der Waals surface area contributed by atoms with E-state index in [1.165, 1.54) is 19.1 Å². The number of halogens is 2. The van der Waals surface area contributed by atoms with Crippen LogP contribution < -0.4 is 10.9 Å². The highest BCUT2D eigenvalue weighted by atomic mass is 35.5. The first-order valence-corrected chi connectivity index (χ1v) is 11.1. The summed E-state index contributed by atoms with van der Waals surface area (Å²) >= 11 is 12.3. The Balaban J connectivity index is 1.54. The maximum Gasteiger partial charge on any atom is 0.255 e. The molecule has 2 N–H and O–H groups in total. The Morgan fingerprint density at radius 2 is 1.84 bits per heavy atom. The summed E-state index contributed by atoms with van der Waals surface area (Å²) in [6.45, 7) is 4.15. The molecule has 0 atom stereocenters. The molecule has 0 saturated carbocycles. The third kappa shape index (κ3) is 5.01. The van der Waals surface area contributed by atoms with E-state index >= 15 is 0 Å². The molecule has 1 aromatic heterocycles. The Kier molecular flexibility index (Phi) is 6.76. The van der Waals surface area contributed by atoms with Crippen LogP contribution in [0.25, 0.3) is 16.8 Å². The molecule has 0 spiro atoms. The van der Waals surface area contributed by atoms with Crippen molar-refractivity contribution in [2.24, 2.45) is 0 Å². The Hall–Kier alpha value is -2.60. The van der Waals surface area contributed by atoms with Gasteiger partial charge in [0.1, 0.15) is 0 Å². The highest BCUT2D eigenvalue weighted by Crippen LogP contribution is 2.29. The number of anilines is 1. The lowest BCUT2D eigenvalue weighted by molar-refractivity contribution is 0.352. The van der Waals surface area contributed by atoms with Gasteiger partial charge in [-0.3, -0.25) is 9.36 Å². The number of hydrogen-bond donors (Lipinski definition) is 2. The van der Waals surface area contributed by atoms with Gasteiger partial charge in [0.05, 0.1) is 0 Å². The zero-order chi connectivity index (χ0) is 21.8. The second kappa shape index (κ2) is 9.69. The fourth-order valence-electron chi connectivity index (χ4n) is 3.92. The fraction of sp³-hybridized carbons (Fsp3) is 0.250. The Morgan fingerprint density at radius 3 is 2.55 bits per heavy atom. The topological polar surface area (TPSA) is 61.1 Å². The van der Waals surface area contributed by atoms with Gasteiger partial charge in [-0.25, -0.2) is 0 Å². The lowest BCUT2D eigenvalue weighted by atomic mass is 10.1. The van der Waals surface area contributed by atoms with Crippen molar-refractivity contribution in [2.75, 3.05) is 31.5 Å². The molecule has 0 radical (unpaired) electrons. The maximum atomic E-state index is 12.8. The third-order valence-corrected chi connectivity index (χ3v) is 6.12. The van der Waals surface area contributed by atoms with Gasteiger partial charge < -0.3 is 15.6 Å². The molecule has 0 aliphatic carbocycles. The molecule has 4 rings (SSSR count). The SMILES string of the molecule is N=Cc1cc(-n2ccc(-c3ccc(Cl)cc3Cl)cc2=O)ccc1NCCN1CCCC1. The molecular weight excluding hydrogens is 431 g/mol. The summed E-state index contributed by atoms with van der Waals surface area (Å²) in [6, 6.07) is 14.3. The molecule has 7 heteroatoms. The van der Waals surface area contributed by atoms with Gasteiger partial charge >= 0.3 is 0 Å². The molecule has 31 heavy (non-hydrogen) atoms. The molecule has 0 unspecified atom stereocenters. The molecule has 1 aliphatic heterocycles. The van der Waals surface area contributed by atoms with E-state index in [1.54, 1.807) is 35.0 Å². The van der Waals surface area contributed by atoms with Crippen LogP contribution in [0, 0.1) is 5.41 Å². The normalized spacial score (nSPS) is 14.0. The number of pyridine rings is 1. The summed E-state index contributed by atoms with van der Waals surface area (Å²) in [7, 11) is 0. The smallest absolute Gasteiger partial charge is 0.255 e.